The Morgan fingerprint density at radius 1 is 1.07 bits per heavy atom. The average molecular weight is 291 g/mol. The third-order valence-electron chi connectivity index (χ3n) is 0.383. The number of carbonyl (C=O) groups excluding carboxylic acids is 1. The van der Waals surface area contributed by atoms with Gasteiger partial charge < -0.3 is 4.90 Å². The van der Waals surface area contributed by atoms with Crippen LogP contribution in [0.4, 0.5) is 0 Å². The molecule has 86 valence electrons. The van der Waals surface area contributed by atoms with E-state index in [2.05, 4.69) is 2.84 Å². The van der Waals surface area contributed by atoms with Gasteiger partial charge in [0.2, 0.25) is 6.41 Å². The van der Waals surface area contributed by atoms with Gasteiger partial charge in [-0.2, -0.15) is 0 Å². The number of amides is 1. The van der Waals surface area contributed by atoms with Gasteiger partial charge in [0.25, 0.3) is 0 Å². The minimum atomic E-state index is -5.76. The molecule has 2 N–H and O–H groups in total. The van der Waals surface area contributed by atoms with Crippen LogP contribution in [-0.2, 0) is 50.1 Å². The van der Waals surface area contributed by atoms with E-state index < -0.39 is 27.2 Å². The second-order valence-electron chi connectivity index (χ2n) is 1.99. The summed E-state index contributed by atoms with van der Waals surface area (Å²) in [6.45, 7) is 0. The molecule has 0 bridgehead atoms. The van der Waals surface area contributed by atoms with Crippen molar-refractivity contribution in [3.05, 3.63) is 0 Å². The van der Waals surface area contributed by atoms with Crippen LogP contribution < -0.4 is 0 Å². The van der Waals surface area contributed by atoms with Crippen molar-refractivity contribution in [3.63, 3.8) is 0 Å². The van der Waals surface area contributed by atoms with Gasteiger partial charge in [0.1, 0.15) is 0 Å². The summed E-state index contributed by atoms with van der Waals surface area (Å²) in [7, 11) is 3.38. The number of nitrogens with zero attached hydrogens (tertiary/aromatic N) is 1. The summed E-state index contributed by atoms with van der Waals surface area (Å²) in [5, 5.41) is 0. The Hall–Kier alpha value is -0.385. The maximum atomic E-state index is 9.53. The fraction of sp³-hybridized carbons (Fsp3) is 0.667. The maximum absolute atomic E-state index is 9.53. The number of carbonyl (C=O) groups is 1. The van der Waals surface area contributed by atoms with Crippen molar-refractivity contribution in [2.24, 2.45) is 0 Å². The van der Waals surface area contributed by atoms with E-state index in [0.29, 0.717) is 0 Å². The molecule has 0 saturated heterocycles. The van der Waals surface area contributed by atoms with Crippen molar-refractivity contribution in [1.82, 2.24) is 4.90 Å². The fourth-order valence-corrected chi connectivity index (χ4v) is 1.85. The zero-order valence-corrected chi connectivity index (χ0v) is 9.73. The molecule has 0 fully saturated rings. The summed E-state index contributed by atoms with van der Waals surface area (Å²) in [6.07, 6.45) is 0.750. The first kappa shape index (κ1) is 16.1. The van der Waals surface area contributed by atoms with Crippen molar-refractivity contribution in [1.29, 1.82) is 0 Å². The molecule has 0 aromatic rings. The van der Waals surface area contributed by atoms with E-state index in [1.807, 2.05) is 0 Å². The molecule has 0 spiro atoms. The van der Waals surface area contributed by atoms with Crippen molar-refractivity contribution in [3.8, 4) is 0 Å². The molecule has 0 saturated carbocycles. The normalized spacial score (nSPS) is 11.1. The summed E-state index contributed by atoms with van der Waals surface area (Å²) < 4.78 is 56.3. The zero-order chi connectivity index (χ0) is 12.0. The van der Waals surface area contributed by atoms with Crippen molar-refractivity contribution in [2.75, 3.05) is 14.1 Å². The fourth-order valence-electron chi connectivity index (χ4n) is 0.109. The molecule has 0 radical (unpaired) electrons. The first-order valence-corrected chi connectivity index (χ1v) is 7.02. The molecule has 0 aromatic carbocycles. The topological polar surface area (TPSA) is 138 Å². The average Bonchev–Trinajstić information content (AvgIpc) is 1.80. The van der Waals surface area contributed by atoms with E-state index in [4.69, 9.17) is 8.32 Å². The first-order valence-electron chi connectivity index (χ1n) is 2.75. The van der Waals surface area contributed by atoms with Crippen LogP contribution in [0.2, 0.25) is 0 Å². The molecule has 0 atom stereocenters. The molecule has 11 heteroatoms. The van der Waals surface area contributed by atoms with E-state index in [-0.39, 0.29) is 0 Å². The second kappa shape index (κ2) is 6.16. The molecule has 1 amide bonds. The van der Waals surface area contributed by atoms with Crippen LogP contribution in [0, 0.1) is 0 Å². The third-order valence-corrected chi connectivity index (χ3v) is 3.13. The van der Waals surface area contributed by atoms with Gasteiger partial charge in [-0.25, -0.2) is 0 Å². The summed E-state index contributed by atoms with van der Waals surface area (Å²) in [5.74, 6) is 0. The van der Waals surface area contributed by atoms with Gasteiger partial charge >= 0.3 is 53.6 Å². The Morgan fingerprint density at radius 2 is 1.29 bits per heavy atom. The van der Waals surface area contributed by atoms with Crippen LogP contribution in [0.25, 0.3) is 0 Å². The molecule has 0 aliphatic carbocycles. The molecule has 0 aliphatic heterocycles. The minimum absolute atomic E-state index is 0.750. The van der Waals surface area contributed by atoms with E-state index in [1.165, 1.54) is 4.90 Å². The van der Waals surface area contributed by atoms with Gasteiger partial charge in [0.15, 0.2) is 0 Å². The second-order valence-corrected chi connectivity index (χ2v) is 5.75. The third kappa shape index (κ3) is 22.6. The molecule has 0 aromatic heterocycles. The molecular formula is C3H9Cr2NO8. The van der Waals surface area contributed by atoms with Gasteiger partial charge in [-0.15, -0.1) is 0 Å². The Kier molecular flexibility index (Phi) is 7.07. The Bertz CT molecular complexity index is 322. The standard InChI is InChI=1S/C3H7NO.2Cr.2H2O.5O/c1-4(2)3-5;;;;;;;;;/h3H,1-2H3;;;2*1H2;;;;;/q;2*+1;;;;;;;/p-2. The van der Waals surface area contributed by atoms with E-state index in [0.717, 1.165) is 6.41 Å². The molecular weight excluding hydrogens is 282 g/mol. The summed E-state index contributed by atoms with van der Waals surface area (Å²) in [4.78, 5) is 10.9. The van der Waals surface area contributed by atoms with Crippen LogP contribution in [0.1, 0.15) is 0 Å². The van der Waals surface area contributed by atoms with Gasteiger partial charge in [-0.1, -0.05) is 0 Å². The van der Waals surface area contributed by atoms with Gasteiger partial charge in [-0.3, -0.25) is 4.79 Å². The Labute approximate surface area is 84.0 Å². The summed E-state index contributed by atoms with van der Waals surface area (Å²) >= 11 is -11.5. The molecule has 0 aliphatic rings. The SMILES string of the molecule is CN(C)C=O.[O]=[Cr](=[O])([OH])[O][Cr](=[O])(=[O])[OH]. The van der Waals surface area contributed by atoms with E-state index in [9.17, 15) is 20.0 Å². The van der Waals surface area contributed by atoms with Gasteiger partial charge in [-0.05, 0) is 0 Å². The first-order chi connectivity index (χ1) is 5.98. The monoisotopic (exact) mass is 291 g/mol. The Balaban J connectivity index is 0. The van der Waals surface area contributed by atoms with Crippen LogP contribution in [0.15, 0.2) is 0 Å². The number of hydrogen-bond donors (Lipinski definition) is 2. The van der Waals surface area contributed by atoms with E-state index in [1.54, 1.807) is 14.1 Å². The number of hydrogen-bond acceptors (Lipinski definition) is 6. The molecule has 0 heterocycles. The summed E-state index contributed by atoms with van der Waals surface area (Å²) in [5.41, 5.74) is 0. The molecule has 0 unspecified atom stereocenters. The van der Waals surface area contributed by atoms with Crippen molar-refractivity contribution >= 4 is 6.41 Å². The van der Waals surface area contributed by atoms with Crippen LogP contribution in [0.3, 0.4) is 0 Å². The zero-order valence-electron chi connectivity index (χ0n) is 7.18. The Morgan fingerprint density at radius 3 is 1.29 bits per heavy atom. The van der Waals surface area contributed by atoms with Gasteiger partial charge in [0, 0.05) is 14.1 Å². The molecule has 0 rings (SSSR count). The van der Waals surface area contributed by atoms with Gasteiger partial charge in [0.05, 0.1) is 0 Å². The predicted octanol–water partition coefficient (Wildman–Crippen LogP) is -1.96. The van der Waals surface area contributed by atoms with Crippen LogP contribution >= 0.6 is 0 Å². The van der Waals surface area contributed by atoms with Crippen molar-refractivity contribution < 1.29 is 58.4 Å². The van der Waals surface area contributed by atoms with E-state index >= 15 is 0 Å². The molecule has 14 heavy (non-hydrogen) atoms. The predicted molar refractivity (Wildman–Crippen MR) is 28.0 cm³/mol. The molecule has 9 nitrogen and oxygen atoms in total. The van der Waals surface area contributed by atoms with Crippen molar-refractivity contribution in [2.45, 2.75) is 0 Å². The quantitative estimate of drug-likeness (QED) is 0.571. The van der Waals surface area contributed by atoms with Crippen LogP contribution in [-0.4, -0.2) is 33.7 Å². The van der Waals surface area contributed by atoms with Crippen LogP contribution in [0.5, 0.6) is 0 Å². The number of rotatable bonds is 3. The summed E-state index contributed by atoms with van der Waals surface area (Å²) in [6, 6.07) is 0.